The summed E-state index contributed by atoms with van der Waals surface area (Å²) in [6, 6.07) is 14.1. The van der Waals surface area contributed by atoms with Gasteiger partial charge >= 0.3 is 0 Å². The fraction of sp³-hybridized carbons (Fsp3) is 0.474. The van der Waals surface area contributed by atoms with Crippen LogP contribution in [0.5, 0.6) is 0 Å². The maximum atomic E-state index is 3.76. The molecule has 3 rings (SSSR count). The standard InChI is InChI=1S/C19H25NS/c1-14-12-19(21-15(14)2)13-20-18-10-8-17(9-11-18)16-6-4-3-5-7-16/h3-7,12,17-18,20H,8-11,13H2,1-2H3. The Kier molecular flexibility index (Phi) is 4.77. The Hall–Kier alpha value is -1.12. The fourth-order valence-electron chi connectivity index (χ4n) is 3.34. The van der Waals surface area contributed by atoms with Gasteiger partial charge < -0.3 is 5.32 Å². The summed E-state index contributed by atoms with van der Waals surface area (Å²) in [5.41, 5.74) is 2.96. The topological polar surface area (TPSA) is 12.0 Å². The Morgan fingerprint density at radius 2 is 1.76 bits per heavy atom. The van der Waals surface area contributed by atoms with Gasteiger partial charge in [0, 0.05) is 22.3 Å². The second-order valence-corrected chi connectivity index (χ2v) is 7.63. The molecule has 0 atom stereocenters. The molecule has 1 aliphatic carbocycles. The number of benzene rings is 1. The van der Waals surface area contributed by atoms with E-state index in [2.05, 4.69) is 55.6 Å². The maximum Gasteiger partial charge on any atom is 0.0302 e. The van der Waals surface area contributed by atoms with Crippen molar-refractivity contribution >= 4 is 11.3 Å². The Bertz CT molecular complexity index is 545. The van der Waals surface area contributed by atoms with E-state index < -0.39 is 0 Å². The van der Waals surface area contributed by atoms with Crippen molar-refractivity contribution in [2.24, 2.45) is 0 Å². The molecule has 1 saturated carbocycles. The summed E-state index contributed by atoms with van der Waals surface area (Å²) in [7, 11) is 0. The highest BCUT2D eigenvalue weighted by atomic mass is 32.1. The third kappa shape index (κ3) is 3.75. The van der Waals surface area contributed by atoms with Gasteiger partial charge in [0.2, 0.25) is 0 Å². The second-order valence-electron chi connectivity index (χ2n) is 6.29. The van der Waals surface area contributed by atoms with Gasteiger partial charge in [-0.1, -0.05) is 30.3 Å². The first kappa shape index (κ1) is 14.8. The molecule has 2 heteroatoms. The van der Waals surface area contributed by atoms with Crippen LogP contribution in [-0.4, -0.2) is 6.04 Å². The minimum atomic E-state index is 0.702. The van der Waals surface area contributed by atoms with Crippen LogP contribution in [0, 0.1) is 13.8 Å². The van der Waals surface area contributed by atoms with Crippen molar-refractivity contribution in [3.05, 3.63) is 57.3 Å². The molecule has 1 heterocycles. The highest BCUT2D eigenvalue weighted by Gasteiger charge is 2.21. The molecule has 0 unspecified atom stereocenters. The summed E-state index contributed by atoms with van der Waals surface area (Å²) < 4.78 is 0. The summed E-state index contributed by atoms with van der Waals surface area (Å²) in [5, 5.41) is 3.76. The van der Waals surface area contributed by atoms with Crippen LogP contribution in [0.25, 0.3) is 0 Å². The molecule has 0 radical (unpaired) electrons. The van der Waals surface area contributed by atoms with Crippen molar-refractivity contribution < 1.29 is 0 Å². The van der Waals surface area contributed by atoms with Crippen molar-refractivity contribution in [2.75, 3.05) is 0 Å². The second kappa shape index (κ2) is 6.76. The van der Waals surface area contributed by atoms with Gasteiger partial charge in [-0.2, -0.15) is 0 Å². The first-order valence-electron chi connectivity index (χ1n) is 8.06. The molecule has 1 aliphatic rings. The molecule has 0 bridgehead atoms. The van der Waals surface area contributed by atoms with Gasteiger partial charge in [0.1, 0.15) is 0 Å². The van der Waals surface area contributed by atoms with Gasteiger partial charge in [0.15, 0.2) is 0 Å². The number of rotatable bonds is 4. The lowest BCUT2D eigenvalue weighted by molar-refractivity contribution is 0.342. The van der Waals surface area contributed by atoms with E-state index in [1.165, 1.54) is 46.6 Å². The van der Waals surface area contributed by atoms with Gasteiger partial charge in [-0.05, 0) is 62.6 Å². The highest BCUT2D eigenvalue weighted by molar-refractivity contribution is 7.12. The zero-order chi connectivity index (χ0) is 14.7. The first-order chi connectivity index (χ1) is 10.2. The molecule has 0 aliphatic heterocycles. The molecule has 2 aromatic rings. The molecule has 1 aromatic carbocycles. The number of nitrogens with one attached hydrogen (secondary N) is 1. The van der Waals surface area contributed by atoms with Crippen molar-refractivity contribution in [1.29, 1.82) is 0 Å². The maximum absolute atomic E-state index is 3.76. The number of thiophene rings is 1. The van der Waals surface area contributed by atoms with E-state index in [0.717, 1.165) is 12.5 Å². The van der Waals surface area contributed by atoms with E-state index >= 15 is 0 Å². The zero-order valence-corrected chi connectivity index (χ0v) is 13.9. The summed E-state index contributed by atoms with van der Waals surface area (Å²) >= 11 is 1.94. The number of aryl methyl sites for hydroxylation is 2. The SMILES string of the molecule is Cc1cc(CNC2CCC(c3ccccc3)CC2)sc1C. The monoisotopic (exact) mass is 299 g/mol. The lowest BCUT2D eigenvalue weighted by atomic mass is 9.82. The van der Waals surface area contributed by atoms with Gasteiger partial charge in [-0.15, -0.1) is 11.3 Å². The van der Waals surface area contributed by atoms with Gasteiger partial charge in [0.25, 0.3) is 0 Å². The zero-order valence-electron chi connectivity index (χ0n) is 13.1. The van der Waals surface area contributed by atoms with Crippen LogP contribution in [0.3, 0.4) is 0 Å². The van der Waals surface area contributed by atoms with Crippen LogP contribution in [0.2, 0.25) is 0 Å². The molecule has 1 aromatic heterocycles. The Morgan fingerprint density at radius 3 is 2.38 bits per heavy atom. The van der Waals surface area contributed by atoms with Gasteiger partial charge in [0.05, 0.1) is 0 Å². The van der Waals surface area contributed by atoms with E-state index in [-0.39, 0.29) is 0 Å². The van der Waals surface area contributed by atoms with E-state index in [0.29, 0.717) is 6.04 Å². The van der Waals surface area contributed by atoms with E-state index in [9.17, 15) is 0 Å². The number of hydrogen-bond donors (Lipinski definition) is 1. The molecule has 0 saturated heterocycles. The highest BCUT2D eigenvalue weighted by Crippen LogP contribution is 2.33. The van der Waals surface area contributed by atoms with Crippen LogP contribution in [0.1, 0.15) is 52.5 Å². The van der Waals surface area contributed by atoms with Crippen LogP contribution >= 0.6 is 11.3 Å². The van der Waals surface area contributed by atoms with Crippen molar-refractivity contribution in [2.45, 2.75) is 58.0 Å². The fourth-order valence-corrected chi connectivity index (χ4v) is 4.34. The third-order valence-corrected chi connectivity index (χ3v) is 5.93. The number of hydrogen-bond acceptors (Lipinski definition) is 2. The normalized spacial score (nSPS) is 22.4. The Balaban J connectivity index is 1.48. The smallest absolute Gasteiger partial charge is 0.0302 e. The quantitative estimate of drug-likeness (QED) is 0.820. The van der Waals surface area contributed by atoms with Gasteiger partial charge in [-0.25, -0.2) is 0 Å². The Labute approximate surface area is 132 Å². The molecule has 0 amide bonds. The van der Waals surface area contributed by atoms with Crippen molar-refractivity contribution in [1.82, 2.24) is 5.32 Å². The van der Waals surface area contributed by atoms with Crippen LogP contribution in [0.15, 0.2) is 36.4 Å². The molecule has 0 spiro atoms. The lowest BCUT2D eigenvalue weighted by Crippen LogP contribution is -2.32. The predicted molar refractivity (Wildman–Crippen MR) is 92.1 cm³/mol. The molecule has 1 N–H and O–H groups in total. The minimum Gasteiger partial charge on any atom is -0.309 e. The largest absolute Gasteiger partial charge is 0.309 e. The van der Waals surface area contributed by atoms with Crippen molar-refractivity contribution in [3.63, 3.8) is 0 Å². The van der Waals surface area contributed by atoms with E-state index in [1.807, 2.05) is 11.3 Å². The summed E-state index contributed by atoms with van der Waals surface area (Å²) in [6.45, 7) is 5.47. The van der Waals surface area contributed by atoms with Crippen LogP contribution in [0.4, 0.5) is 0 Å². The molecular weight excluding hydrogens is 274 g/mol. The van der Waals surface area contributed by atoms with Gasteiger partial charge in [-0.3, -0.25) is 0 Å². The molecule has 21 heavy (non-hydrogen) atoms. The third-order valence-electron chi connectivity index (χ3n) is 4.78. The Morgan fingerprint density at radius 1 is 1.05 bits per heavy atom. The van der Waals surface area contributed by atoms with Crippen molar-refractivity contribution in [3.8, 4) is 0 Å². The summed E-state index contributed by atoms with van der Waals surface area (Å²) in [4.78, 5) is 2.94. The molecule has 112 valence electrons. The van der Waals surface area contributed by atoms with Crippen LogP contribution in [-0.2, 0) is 6.54 Å². The summed E-state index contributed by atoms with van der Waals surface area (Å²) in [5.74, 6) is 0.774. The predicted octanol–water partition coefficient (Wildman–Crippen LogP) is 5.18. The van der Waals surface area contributed by atoms with Crippen LogP contribution < -0.4 is 5.32 Å². The average Bonchev–Trinajstić information content (AvgIpc) is 2.85. The van der Waals surface area contributed by atoms with E-state index in [1.54, 1.807) is 0 Å². The van der Waals surface area contributed by atoms with E-state index in [4.69, 9.17) is 0 Å². The summed E-state index contributed by atoms with van der Waals surface area (Å²) in [6.07, 6.45) is 5.26. The first-order valence-corrected chi connectivity index (χ1v) is 8.88. The minimum absolute atomic E-state index is 0.702. The molecule has 1 nitrogen and oxygen atoms in total. The average molecular weight is 299 g/mol. The molecular formula is C19H25NS. The lowest BCUT2D eigenvalue weighted by Gasteiger charge is -2.29. The molecule has 1 fully saturated rings.